The van der Waals surface area contributed by atoms with Crippen LogP contribution in [-0.2, 0) is 0 Å². The van der Waals surface area contributed by atoms with Gasteiger partial charge in [0.25, 0.3) is 5.91 Å². The van der Waals surface area contributed by atoms with Gasteiger partial charge in [0, 0.05) is 11.3 Å². The number of carbonyl (C=O) groups excluding carboxylic acids is 1. The van der Waals surface area contributed by atoms with Gasteiger partial charge in [-0.15, -0.1) is 0 Å². The second kappa shape index (κ2) is 4.55. The van der Waals surface area contributed by atoms with Gasteiger partial charge in [-0.1, -0.05) is 0 Å². The normalized spacial score (nSPS) is 11.1. The highest BCUT2D eigenvalue weighted by molar-refractivity contribution is 6.06. The molecule has 0 saturated carbocycles. The molecule has 2 aromatic carbocycles. The van der Waals surface area contributed by atoms with E-state index in [0.717, 1.165) is 0 Å². The van der Waals surface area contributed by atoms with Gasteiger partial charge >= 0.3 is 5.69 Å². The Bertz CT molecular complexity index is 1060. The third-order valence-electron chi connectivity index (χ3n) is 3.35. The smallest absolute Gasteiger partial charge is 0.322 e. The number of hydrogen-bond acceptors (Lipinski definition) is 4. The summed E-state index contributed by atoms with van der Waals surface area (Å²) in [5.41, 5.74) is 3.43. The second-order valence-electron chi connectivity index (χ2n) is 4.82. The number of nitrogens with zero attached hydrogens (tertiary/aromatic N) is 2. The Morgan fingerprint density at radius 2 is 1.77 bits per heavy atom. The van der Waals surface area contributed by atoms with E-state index in [1.807, 2.05) is 0 Å². The molecule has 0 atom stereocenters. The second-order valence-corrected chi connectivity index (χ2v) is 4.82. The summed E-state index contributed by atoms with van der Waals surface area (Å²) in [5.74, 6) is -0.262. The zero-order chi connectivity index (χ0) is 15.1. The van der Waals surface area contributed by atoms with Crippen molar-refractivity contribution in [2.45, 2.75) is 0 Å². The summed E-state index contributed by atoms with van der Waals surface area (Å²) >= 11 is 0. The van der Waals surface area contributed by atoms with E-state index in [9.17, 15) is 9.59 Å². The summed E-state index contributed by atoms with van der Waals surface area (Å²) in [6.45, 7) is 0. The van der Waals surface area contributed by atoms with Crippen molar-refractivity contribution >= 4 is 33.7 Å². The summed E-state index contributed by atoms with van der Waals surface area (Å²) < 4.78 is 0. The lowest BCUT2D eigenvalue weighted by Crippen LogP contribution is -2.11. The minimum atomic E-state index is -0.282. The SMILES string of the molecule is O=C(Nc1ccc2[nH]c(=O)[nH]c2c1)c1ccc2n[nH]nc2c1. The highest BCUT2D eigenvalue weighted by Gasteiger charge is 2.09. The molecule has 0 saturated heterocycles. The number of fused-ring (bicyclic) bond motifs is 2. The van der Waals surface area contributed by atoms with Crippen LogP contribution in [0.2, 0.25) is 0 Å². The Kier molecular flexibility index (Phi) is 2.55. The molecule has 1 amide bonds. The van der Waals surface area contributed by atoms with Crippen LogP contribution in [0.5, 0.6) is 0 Å². The van der Waals surface area contributed by atoms with Crippen LogP contribution in [0.4, 0.5) is 5.69 Å². The Balaban J connectivity index is 1.65. The molecule has 0 radical (unpaired) electrons. The number of anilines is 1. The minimum absolute atomic E-state index is 0.262. The average molecular weight is 294 g/mol. The van der Waals surface area contributed by atoms with Gasteiger partial charge in [0.05, 0.1) is 11.0 Å². The molecule has 0 aliphatic rings. The monoisotopic (exact) mass is 294 g/mol. The molecule has 0 spiro atoms. The van der Waals surface area contributed by atoms with Crippen molar-refractivity contribution in [3.8, 4) is 0 Å². The number of rotatable bonds is 2. The van der Waals surface area contributed by atoms with Gasteiger partial charge in [0.2, 0.25) is 0 Å². The average Bonchev–Trinajstić information content (AvgIpc) is 3.10. The van der Waals surface area contributed by atoms with Crippen LogP contribution in [0.3, 0.4) is 0 Å². The van der Waals surface area contributed by atoms with E-state index < -0.39 is 0 Å². The van der Waals surface area contributed by atoms with Gasteiger partial charge in [0.1, 0.15) is 11.0 Å². The maximum absolute atomic E-state index is 12.3. The molecule has 0 bridgehead atoms. The van der Waals surface area contributed by atoms with Crippen molar-refractivity contribution in [1.82, 2.24) is 25.4 Å². The predicted octanol–water partition coefficient (Wildman–Crippen LogP) is 1.38. The standard InChI is InChI=1S/C14H10N6O2/c21-13(7-1-3-10-12(5-7)19-20-18-10)15-8-2-4-9-11(6-8)17-14(22)16-9/h1-6H,(H,15,21)(H2,16,17,22)(H,18,19,20). The molecule has 2 aromatic heterocycles. The van der Waals surface area contributed by atoms with Gasteiger partial charge in [-0.25, -0.2) is 4.79 Å². The van der Waals surface area contributed by atoms with Crippen LogP contribution in [-0.4, -0.2) is 31.3 Å². The molecule has 2 heterocycles. The zero-order valence-electron chi connectivity index (χ0n) is 11.2. The van der Waals surface area contributed by atoms with Crippen molar-refractivity contribution in [1.29, 1.82) is 0 Å². The summed E-state index contributed by atoms with van der Waals surface area (Å²) in [4.78, 5) is 28.8. The molecule has 4 aromatic rings. The fourth-order valence-corrected chi connectivity index (χ4v) is 2.30. The molecule has 4 N–H and O–H groups in total. The molecule has 0 unspecified atom stereocenters. The van der Waals surface area contributed by atoms with Crippen molar-refractivity contribution in [2.75, 3.05) is 5.32 Å². The van der Waals surface area contributed by atoms with Crippen molar-refractivity contribution in [2.24, 2.45) is 0 Å². The van der Waals surface area contributed by atoms with Crippen molar-refractivity contribution in [3.63, 3.8) is 0 Å². The van der Waals surface area contributed by atoms with E-state index in [0.29, 0.717) is 33.3 Å². The summed E-state index contributed by atoms with van der Waals surface area (Å²) in [6, 6.07) is 10.2. The molecule has 0 aliphatic heterocycles. The van der Waals surface area contributed by atoms with Crippen LogP contribution in [0.25, 0.3) is 22.1 Å². The van der Waals surface area contributed by atoms with Crippen LogP contribution >= 0.6 is 0 Å². The van der Waals surface area contributed by atoms with E-state index in [-0.39, 0.29) is 11.6 Å². The molecular weight excluding hydrogens is 284 g/mol. The number of H-pyrrole nitrogens is 3. The van der Waals surface area contributed by atoms with E-state index in [1.54, 1.807) is 36.4 Å². The van der Waals surface area contributed by atoms with Gasteiger partial charge in [-0.2, -0.15) is 15.4 Å². The van der Waals surface area contributed by atoms with E-state index in [1.165, 1.54) is 0 Å². The predicted molar refractivity (Wildman–Crippen MR) is 80.8 cm³/mol. The summed E-state index contributed by atoms with van der Waals surface area (Å²) in [6.07, 6.45) is 0. The number of imidazole rings is 1. The largest absolute Gasteiger partial charge is 0.323 e. The molecular formula is C14H10N6O2. The lowest BCUT2D eigenvalue weighted by atomic mass is 10.2. The Labute approximate surface area is 122 Å². The molecule has 0 aliphatic carbocycles. The number of aromatic amines is 3. The number of amides is 1. The zero-order valence-corrected chi connectivity index (χ0v) is 11.2. The van der Waals surface area contributed by atoms with E-state index in [2.05, 4.69) is 30.7 Å². The number of carbonyl (C=O) groups is 1. The molecule has 108 valence electrons. The number of hydrogen-bond donors (Lipinski definition) is 4. The van der Waals surface area contributed by atoms with Crippen LogP contribution in [0.1, 0.15) is 10.4 Å². The molecule has 4 rings (SSSR count). The number of benzene rings is 2. The molecule has 8 nitrogen and oxygen atoms in total. The first-order valence-electron chi connectivity index (χ1n) is 6.53. The Morgan fingerprint density at radius 3 is 2.68 bits per heavy atom. The Morgan fingerprint density at radius 1 is 0.955 bits per heavy atom. The highest BCUT2D eigenvalue weighted by atomic mass is 16.2. The van der Waals surface area contributed by atoms with Crippen LogP contribution in [0, 0.1) is 0 Å². The van der Waals surface area contributed by atoms with E-state index >= 15 is 0 Å². The maximum atomic E-state index is 12.3. The molecule has 8 heteroatoms. The minimum Gasteiger partial charge on any atom is -0.322 e. The fraction of sp³-hybridized carbons (Fsp3) is 0. The number of aromatic nitrogens is 5. The quantitative estimate of drug-likeness (QED) is 0.446. The lowest BCUT2D eigenvalue weighted by molar-refractivity contribution is 0.102. The topological polar surface area (TPSA) is 119 Å². The Hall–Kier alpha value is -3.42. The van der Waals surface area contributed by atoms with Gasteiger partial charge in [0.15, 0.2) is 0 Å². The van der Waals surface area contributed by atoms with Gasteiger partial charge in [-0.05, 0) is 36.4 Å². The van der Waals surface area contributed by atoms with E-state index in [4.69, 9.17) is 0 Å². The third kappa shape index (κ3) is 2.03. The summed E-state index contributed by atoms with van der Waals surface area (Å²) in [7, 11) is 0. The van der Waals surface area contributed by atoms with Crippen LogP contribution < -0.4 is 11.0 Å². The molecule has 0 fully saturated rings. The molecule has 22 heavy (non-hydrogen) atoms. The maximum Gasteiger partial charge on any atom is 0.323 e. The van der Waals surface area contributed by atoms with Crippen molar-refractivity contribution < 1.29 is 4.79 Å². The first-order valence-corrected chi connectivity index (χ1v) is 6.53. The van der Waals surface area contributed by atoms with Crippen molar-refractivity contribution in [3.05, 3.63) is 52.4 Å². The van der Waals surface area contributed by atoms with Crippen LogP contribution in [0.15, 0.2) is 41.2 Å². The van der Waals surface area contributed by atoms with Gasteiger partial charge < -0.3 is 15.3 Å². The highest BCUT2D eigenvalue weighted by Crippen LogP contribution is 2.17. The first-order chi connectivity index (χ1) is 10.7. The fourth-order valence-electron chi connectivity index (χ4n) is 2.30. The third-order valence-corrected chi connectivity index (χ3v) is 3.35. The lowest BCUT2D eigenvalue weighted by Gasteiger charge is -2.05. The van der Waals surface area contributed by atoms with Gasteiger partial charge in [-0.3, -0.25) is 4.79 Å². The first kappa shape index (κ1) is 12.3. The summed E-state index contributed by atoms with van der Waals surface area (Å²) in [5, 5.41) is 13.2. The number of nitrogens with one attached hydrogen (secondary N) is 4.